The second-order valence-electron chi connectivity index (χ2n) is 9.29. The molecule has 3 heteroatoms. The summed E-state index contributed by atoms with van der Waals surface area (Å²) in [6, 6.07) is 35.5. The molecule has 6 aromatic rings. The van der Waals surface area contributed by atoms with Gasteiger partial charge in [0, 0.05) is 28.9 Å². The molecule has 180 valence electrons. The van der Waals surface area contributed by atoms with Crippen LogP contribution in [-0.2, 0) is 0 Å². The molecule has 0 atom stereocenters. The van der Waals surface area contributed by atoms with E-state index in [2.05, 4.69) is 135 Å². The zero-order chi connectivity index (χ0) is 25.2. The van der Waals surface area contributed by atoms with Crippen LogP contribution < -0.4 is 0 Å². The second kappa shape index (κ2) is 10.5. The van der Waals surface area contributed by atoms with Crippen LogP contribution in [0.1, 0.15) is 32.0 Å². The standard InChI is InChI=1S/C34H26S3/c1-23-3-7-25(8-4-23)11-15-29-19-27-13-17-31(21-33(27)36-29)35-32-18-14-28-20-30(37-34(28)22-32)16-12-26-9-5-24(2)6-10-26/h3-22H,1-2H3/b15-11+,16-12+. The lowest BCUT2D eigenvalue weighted by Crippen LogP contribution is -1.73. The summed E-state index contributed by atoms with van der Waals surface area (Å²) >= 11 is 5.53. The van der Waals surface area contributed by atoms with E-state index in [0.29, 0.717) is 0 Å². The van der Waals surface area contributed by atoms with Crippen molar-refractivity contribution in [1.82, 2.24) is 0 Å². The van der Waals surface area contributed by atoms with Crippen LogP contribution in [0.15, 0.2) is 107 Å². The van der Waals surface area contributed by atoms with Gasteiger partial charge >= 0.3 is 0 Å². The molecular weight excluding hydrogens is 505 g/mol. The van der Waals surface area contributed by atoms with Crippen molar-refractivity contribution < 1.29 is 0 Å². The maximum Gasteiger partial charge on any atom is 0.0360 e. The van der Waals surface area contributed by atoms with E-state index in [1.54, 1.807) is 0 Å². The molecule has 0 saturated heterocycles. The van der Waals surface area contributed by atoms with Gasteiger partial charge in [-0.3, -0.25) is 0 Å². The minimum absolute atomic E-state index is 1.23. The Morgan fingerprint density at radius 2 is 0.919 bits per heavy atom. The largest absolute Gasteiger partial charge is 0.136 e. The van der Waals surface area contributed by atoms with E-state index in [1.165, 1.54) is 62.0 Å². The molecular formula is C34H26S3. The molecule has 4 aromatic carbocycles. The number of benzene rings is 4. The summed E-state index contributed by atoms with van der Waals surface area (Å²) in [5, 5.41) is 2.60. The predicted molar refractivity (Wildman–Crippen MR) is 168 cm³/mol. The quantitative estimate of drug-likeness (QED) is 0.206. The van der Waals surface area contributed by atoms with Crippen LogP contribution in [0.4, 0.5) is 0 Å². The zero-order valence-corrected chi connectivity index (χ0v) is 23.2. The summed E-state index contributed by atoms with van der Waals surface area (Å²) in [6.07, 6.45) is 8.83. The molecule has 6 rings (SSSR count). The van der Waals surface area contributed by atoms with Gasteiger partial charge < -0.3 is 0 Å². The molecule has 0 aliphatic carbocycles. The average molecular weight is 531 g/mol. The third kappa shape index (κ3) is 5.80. The SMILES string of the molecule is Cc1ccc(/C=C/c2cc3ccc(Sc4ccc5cc(/C=C/c6ccc(C)cc6)sc5c4)cc3s2)cc1. The first-order valence-electron chi connectivity index (χ1n) is 12.3. The maximum absolute atomic E-state index is 2.32. The molecule has 0 amide bonds. The lowest BCUT2D eigenvalue weighted by atomic mass is 10.1. The zero-order valence-electron chi connectivity index (χ0n) is 20.8. The van der Waals surface area contributed by atoms with Gasteiger partial charge in [-0.1, -0.05) is 95.7 Å². The van der Waals surface area contributed by atoms with E-state index < -0.39 is 0 Å². The summed E-state index contributed by atoms with van der Waals surface area (Å²) in [5.41, 5.74) is 5.05. The Bertz CT molecular complexity index is 1610. The van der Waals surface area contributed by atoms with Gasteiger partial charge in [-0.15, -0.1) is 22.7 Å². The molecule has 0 unspecified atom stereocenters. The number of hydrogen-bond donors (Lipinski definition) is 0. The first-order valence-corrected chi connectivity index (χ1v) is 14.8. The fraction of sp³-hybridized carbons (Fsp3) is 0.0588. The van der Waals surface area contributed by atoms with E-state index in [1.807, 2.05) is 34.4 Å². The molecule has 0 spiro atoms. The van der Waals surface area contributed by atoms with E-state index in [9.17, 15) is 0 Å². The van der Waals surface area contributed by atoms with Crippen LogP contribution >= 0.6 is 34.4 Å². The van der Waals surface area contributed by atoms with Gasteiger partial charge in [0.15, 0.2) is 0 Å². The van der Waals surface area contributed by atoms with Crippen LogP contribution in [0.3, 0.4) is 0 Å². The van der Waals surface area contributed by atoms with Crippen LogP contribution in [0, 0.1) is 13.8 Å². The van der Waals surface area contributed by atoms with Crippen LogP contribution in [0.5, 0.6) is 0 Å². The molecule has 0 bridgehead atoms. The van der Waals surface area contributed by atoms with Crippen molar-refractivity contribution >= 4 is 78.9 Å². The highest BCUT2D eigenvalue weighted by Crippen LogP contribution is 2.37. The lowest BCUT2D eigenvalue weighted by molar-refractivity contribution is 1.46. The summed E-state index contributed by atoms with van der Waals surface area (Å²) < 4.78 is 2.66. The molecule has 0 radical (unpaired) electrons. The van der Waals surface area contributed by atoms with Gasteiger partial charge in [0.25, 0.3) is 0 Å². The van der Waals surface area contributed by atoms with Gasteiger partial charge in [-0.2, -0.15) is 0 Å². The molecule has 37 heavy (non-hydrogen) atoms. The van der Waals surface area contributed by atoms with Crippen molar-refractivity contribution in [3.63, 3.8) is 0 Å². The second-order valence-corrected chi connectivity index (χ2v) is 12.7. The Morgan fingerprint density at radius 3 is 1.35 bits per heavy atom. The maximum atomic E-state index is 2.32. The van der Waals surface area contributed by atoms with E-state index in [4.69, 9.17) is 0 Å². The number of thiophene rings is 2. The van der Waals surface area contributed by atoms with Crippen molar-refractivity contribution in [1.29, 1.82) is 0 Å². The van der Waals surface area contributed by atoms with Crippen molar-refractivity contribution in [3.8, 4) is 0 Å². The first kappa shape index (κ1) is 24.0. The molecule has 2 aromatic heterocycles. The molecule has 0 saturated carbocycles. The highest BCUT2D eigenvalue weighted by Gasteiger charge is 2.06. The van der Waals surface area contributed by atoms with Gasteiger partial charge in [0.1, 0.15) is 0 Å². The van der Waals surface area contributed by atoms with Gasteiger partial charge in [0.05, 0.1) is 0 Å². The third-order valence-corrected chi connectivity index (χ3v) is 9.40. The Labute approximate surface area is 230 Å². The molecule has 0 nitrogen and oxygen atoms in total. The minimum Gasteiger partial charge on any atom is -0.136 e. The van der Waals surface area contributed by atoms with Gasteiger partial charge in [-0.05, 0) is 84.3 Å². The summed E-state index contributed by atoms with van der Waals surface area (Å²) in [7, 11) is 0. The number of fused-ring (bicyclic) bond motifs is 2. The summed E-state index contributed by atoms with van der Waals surface area (Å²) in [5.74, 6) is 0. The van der Waals surface area contributed by atoms with Crippen molar-refractivity contribution in [2.24, 2.45) is 0 Å². The molecule has 2 heterocycles. The van der Waals surface area contributed by atoms with Gasteiger partial charge in [0.2, 0.25) is 0 Å². The fourth-order valence-electron chi connectivity index (χ4n) is 4.20. The smallest absolute Gasteiger partial charge is 0.0360 e. The number of rotatable bonds is 6. The monoisotopic (exact) mass is 530 g/mol. The Kier molecular flexibility index (Phi) is 6.84. The highest BCUT2D eigenvalue weighted by molar-refractivity contribution is 7.99. The molecule has 0 N–H and O–H groups in total. The summed E-state index contributed by atoms with van der Waals surface area (Å²) in [4.78, 5) is 5.12. The minimum atomic E-state index is 1.23. The predicted octanol–water partition coefficient (Wildman–Crippen LogP) is 11.2. The Morgan fingerprint density at radius 1 is 0.486 bits per heavy atom. The lowest BCUT2D eigenvalue weighted by Gasteiger charge is -2.02. The Balaban J connectivity index is 1.18. The van der Waals surface area contributed by atoms with Crippen LogP contribution in [-0.4, -0.2) is 0 Å². The number of aryl methyl sites for hydroxylation is 2. The van der Waals surface area contributed by atoms with Crippen molar-refractivity contribution in [2.45, 2.75) is 23.6 Å². The number of hydrogen-bond acceptors (Lipinski definition) is 3. The third-order valence-electron chi connectivity index (χ3n) is 6.29. The van der Waals surface area contributed by atoms with E-state index >= 15 is 0 Å². The fourth-order valence-corrected chi connectivity index (χ4v) is 7.26. The summed E-state index contributed by atoms with van der Waals surface area (Å²) in [6.45, 7) is 4.24. The Hall–Kier alpha value is -3.37. The van der Waals surface area contributed by atoms with E-state index in [0.717, 1.165) is 0 Å². The normalized spacial score (nSPS) is 11.9. The highest BCUT2D eigenvalue weighted by atomic mass is 32.2. The first-order chi connectivity index (χ1) is 18.1. The van der Waals surface area contributed by atoms with E-state index in [-0.39, 0.29) is 0 Å². The van der Waals surface area contributed by atoms with Crippen LogP contribution in [0.2, 0.25) is 0 Å². The van der Waals surface area contributed by atoms with Gasteiger partial charge in [-0.25, -0.2) is 0 Å². The topological polar surface area (TPSA) is 0 Å². The molecule has 0 aliphatic rings. The van der Waals surface area contributed by atoms with Crippen molar-refractivity contribution in [2.75, 3.05) is 0 Å². The molecule has 0 fully saturated rings. The van der Waals surface area contributed by atoms with Crippen LogP contribution in [0.25, 0.3) is 44.5 Å². The molecule has 0 aliphatic heterocycles. The average Bonchev–Trinajstić information content (AvgIpc) is 3.51. The van der Waals surface area contributed by atoms with Crippen molar-refractivity contribution in [3.05, 3.63) is 129 Å².